The first kappa shape index (κ1) is 12.3. The van der Waals surface area contributed by atoms with Crippen molar-refractivity contribution in [2.75, 3.05) is 5.32 Å². The van der Waals surface area contributed by atoms with Crippen molar-refractivity contribution in [2.45, 2.75) is 19.4 Å². The number of halogens is 1. The van der Waals surface area contributed by atoms with E-state index < -0.39 is 6.10 Å². The second-order valence-electron chi connectivity index (χ2n) is 3.70. The molecule has 0 saturated heterocycles. The zero-order valence-corrected chi connectivity index (χ0v) is 10.8. The van der Waals surface area contributed by atoms with E-state index in [2.05, 4.69) is 14.7 Å². The van der Waals surface area contributed by atoms with Crippen LogP contribution in [0.1, 0.15) is 12.7 Å². The lowest BCUT2D eigenvalue weighted by molar-refractivity contribution is 0.193. The fraction of sp³-hybridized carbons (Fsp3) is 0.273. The molecule has 90 valence electrons. The summed E-state index contributed by atoms with van der Waals surface area (Å²) in [6.45, 7) is 1.71. The summed E-state index contributed by atoms with van der Waals surface area (Å²) >= 11 is 7.15. The third-order valence-electron chi connectivity index (χ3n) is 2.02. The Hall–Kier alpha value is -1.17. The summed E-state index contributed by atoms with van der Waals surface area (Å²) in [5.74, 6) is 0.648. The molecule has 0 aliphatic carbocycles. The van der Waals surface area contributed by atoms with Crippen molar-refractivity contribution in [1.29, 1.82) is 0 Å². The van der Waals surface area contributed by atoms with Gasteiger partial charge >= 0.3 is 0 Å². The lowest BCUT2D eigenvalue weighted by Crippen LogP contribution is -2.05. The standard InChI is InChI=1S/C11H12ClN3OS/c1-7(16)5-10-14-11(17-15-10)13-9-4-2-3-8(12)6-9/h2-4,6-7,16H,5H2,1H3,(H,13,14,15). The second kappa shape index (κ2) is 5.44. The minimum Gasteiger partial charge on any atom is -0.393 e. The molecule has 2 aromatic rings. The Kier molecular flexibility index (Phi) is 3.93. The van der Waals surface area contributed by atoms with Crippen LogP contribution in [0, 0.1) is 0 Å². The molecule has 1 aromatic heterocycles. The fourth-order valence-electron chi connectivity index (χ4n) is 1.34. The van der Waals surface area contributed by atoms with E-state index in [4.69, 9.17) is 11.6 Å². The molecule has 0 aliphatic heterocycles. The number of nitrogens with one attached hydrogen (secondary N) is 1. The number of hydrogen-bond donors (Lipinski definition) is 2. The molecule has 0 fully saturated rings. The largest absolute Gasteiger partial charge is 0.393 e. The molecule has 0 aliphatic rings. The van der Waals surface area contributed by atoms with Gasteiger partial charge in [0.15, 0.2) is 0 Å². The molecule has 2 N–H and O–H groups in total. The molecule has 1 unspecified atom stereocenters. The fourth-order valence-corrected chi connectivity index (χ4v) is 2.15. The molecule has 0 amide bonds. The SMILES string of the molecule is CC(O)Cc1nsc(Nc2cccc(Cl)c2)n1. The molecule has 0 bridgehead atoms. The Bertz CT molecular complexity index is 501. The van der Waals surface area contributed by atoms with Crippen LogP contribution in [0.25, 0.3) is 0 Å². The van der Waals surface area contributed by atoms with Gasteiger partial charge in [-0.15, -0.1) is 0 Å². The summed E-state index contributed by atoms with van der Waals surface area (Å²) in [4.78, 5) is 4.27. The van der Waals surface area contributed by atoms with E-state index in [9.17, 15) is 5.11 Å². The number of aromatic nitrogens is 2. The van der Waals surface area contributed by atoms with Crippen molar-refractivity contribution >= 4 is 34.0 Å². The normalized spacial score (nSPS) is 12.4. The maximum atomic E-state index is 9.23. The average molecular weight is 270 g/mol. The Morgan fingerprint density at radius 2 is 2.35 bits per heavy atom. The third-order valence-corrected chi connectivity index (χ3v) is 2.93. The van der Waals surface area contributed by atoms with Gasteiger partial charge in [0.25, 0.3) is 0 Å². The van der Waals surface area contributed by atoms with Crippen LogP contribution in [-0.4, -0.2) is 20.6 Å². The van der Waals surface area contributed by atoms with Crippen molar-refractivity contribution in [1.82, 2.24) is 9.36 Å². The smallest absolute Gasteiger partial charge is 0.207 e. The van der Waals surface area contributed by atoms with Gasteiger partial charge in [-0.05, 0) is 25.1 Å². The highest BCUT2D eigenvalue weighted by Crippen LogP contribution is 2.21. The van der Waals surface area contributed by atoms with E-state index >= 15 is 0 Å². The highest BCUT2D eigenvalue weighted by molar-refractivity contribution is 7.09. The van der Waals surface area contributed by atoms with Gasteiger partial charge in [-0.25, -0.2) is 4.98 Å². The van der Waals surface area contributed by atoms with Gasteiger partial charge in [-0.3, -0.25) is 0 Å². The quantitative estimate of drug-likeness (QED) is 0.896. The summed E-state index contributed by atoms with van der Waals surface area (Å²) in [5, 5.41) is 13.7. The van der Waals surface area contributed by atoms with Crippen molar-refractivity contribution in [3.63, 3.8) is 0 Å². The molecular formula is C11H12ClN3OS. The van der Waals surface area contributed by atoms with Crippen LogP contribution in [0.2, 0.25) is 5.02 Å². The minimum absolute atomic E-state index is 0.427. The monoisotopic (exact) mass is 269 g/mol. The topological polar surface area (TPSA) is 58.0 Å². The first-order valence-electron chi connectivity index (χ1n) is 5.17. The van der Waals surface area contributed by atoms with Crippen LogP contribution >= 0.6 is 23.1 Å². The van der Waals surface area contributed by atoms with Gasteiger partial charge < -0.3 is 10.4 Å². The predicted molar refractivity (Wildman–Crippen MR) is 70.0 cm³/mol. The van der Waals surface area contributed by atoms with Crippen LogP contribution in [0.5, 0.6) is 0 Å². The van der Waals surface area contributed by atoms with Gasteiger partial charge in [0, 0.05) is 28.7 Å². The lowest BCUT2D eigenvalue weighted by atomic mass is 10.3. The van der Waals surface area contributed by atoms with Crippen LogP contribution in [-0.2, 0) is 6.42 Å². The molecule has 4 nitrogen and oxygen atoms in total. The molecule has 17 heavy (non-hydrogen) atoms. The van der Waals surface area contributed by atoms with Crippen molar-refractivity contribution in [3.8, 4) is 0 Å². The molecular weight excluding hydrogens is 258 g/mol. The first-order chi connectivity index (χ1) is 8.13. The predicted octanol–water partition coefficient (Wildman–Crippen LogP) is 2.86. The lowest BCUT2D eigenvalue weighted by Gasteiger charge is -2.01. The number of aliphatic hydroxyl groups excluding tert-OH is 1. The third kappa shape index (κ3) is 3.66. The maximum Gasteiger partial charge on any atom is 0.207 e. The molecule has 2 rings (SSSR count). The van der Waals surface area contributed by atoms with Crippen LogP contribution in [0.4, 0.5) is 10.8 Å². The number of rotatable bonds is 4. The molecule has 0 saturated carbocycles. The van der Waals surface area contributed by atoms with E-state index in [1.54, 1.807) is 6.92 Å². The van der Waals surface area contributed by atoms with Crippen LogP contribution in [0.15, 0.2) is 24.3 Å². The Morgan fingerprint density at radius 1 is 1.53 bits per heavy atom. The zero-order valence-electron chi connectivity index (χ0n) is 9.22. The number of anilines is 2. The van der Waals surface area contributed by atoms with Gasteiger partial charge in [0.05, 0.1) is 6.10 Å². The van der Waals surface area contributed by atoms with Crippen molar-refractivity contribution in [2.24, 2.45) is 0 Å². The minimum atomic E-state index is -0.427. The molecule has 0 radical (unpaired) electrons. The summed E-state index contributed by atoms with van der Waals surface area (Å²) in [7, 11) is 0. The summed E-state index contributed by atoms with van der Waals surface area (Å²) in [6.07, 6.45) is 0.0388. The number of hydrogen-bond acceptors (Lipinski definition) is 5. The van der Waals surface area contributed by atoms with Crippen molar-refractivity contribution < 1.29 is 5.11 Å². The molecule has 1 heterocycles. The zero-order chi connectivity index (χ0) is 12.3. The Balaban J connectivity index is 2.06. The van der Waals surface area contributed by atoms with Gasteiger partial charge in [0.2, 0.25) is 5.13 Å². The van der Waals surface area contributed by atoms with E-state index in [1.165, 1.54) is 11.5 Å². The van der Waals surface area contributed by atoms with E-state index in [0.717, 1.165) is 5.69 Å². The molecule has 6 heteroatoms. The second-order valence-corrected chi connectivity index (χ2v) is 4.89. The highest BCUT2D eigenvalue weighted by Gasteiger charge is 2.07. The number of benzene rings is 1. The molecule has 1 aromatic carbocycles. The number of aliphatic hydroxyl groups is 1. The summed E-state index contributed by atoms with van der Waals surface area (Å²) in [6, 6.07) is 7.40. The maximum absolute atomic E-state index is 9.23. The van der Waals surface area contributed by atoms with E-state index in [1.807, 2.05) is 24.3 Å². The number of nitrogens with zero attached hydrogens (tertiary/aromatic N) is 2. The average Bonchev–Trinajstić information content (AvgIpc) is 2.64. The molecule has 1 atom stereocenters. The Labute approximate surface area is 108 Å². The van der Waals surface area contributed by atoms with E-state index in [-0.39, 0.29) is 0 Å². The van der Waals surface area contributed by atoms with Gasteiger partial charge in [-0.1, -0.05) is 17.7 Å². The Morgan fingerprint density at radius 3 is 3.06 bits per heavy atom. The highest BCUT2D eigenvalue weighted by atomic mass is 35.5. The van der Waals surface area contributed by atoms with Gasteiger partial charge in [0.1, 0.15) is 5.82 Å². The van der Waals surface area contributed by atoms with Crippen molar-refractivity contribution in [3.05, 3.63) is 35.1 Å². The first-order valence-corrected chi connectivity index (χ1v) is 6.32. The summed E-state index contributed by atoms with van der Waals surface area (Å²) < 4.78 is 4.15. The van der Waals surface area contributed by atoms with Crippen LogP contribution < -0.4 is 5.32 Å². The van der Waals surface area contributed by atoms with Gasteiger partial charge in [-0.2, -0.15) is 4.37 Å². The molecule has 0 spiro atoms. The van der Waals surface area contributed by atoms with Crippen LogP contribution in [0.3, 0.4) is 0 Å². The van der Waals surface area contributed by atoms with E-state index in [0.29, 0.717) is 22.4 Å². The summed E-state index contributed by atoms with van der Waals surface area (Å²) in [5.41, 5.74) is 0.872.